The number of aromatic nitrogens is 2. The third-order valence-electron chi connectivity index (χ3n) is 3.78. The van der Waals surface area contributed by atoms with Crippen LogP contribution in [0.4, 0.5) is 5.82 Å². The summed E-state index contributed by atoms with van der Waals surface area (Å²) in [5, 5.41) is 4.21. The summed E-state index contributed by atoms with van der Waals surface area (Å²) in [4.78, 5) is 0. The Balaban J connectivity index is 2.00. The van der Waals surface area contributed by atoms with Crippen LogP contribution in [0.15, 0.2) is 12.3 Å². The quantitative estimate of drug-likeness (QED) is 0.867. The highest BCUT2D eigenvalue weighted by Gasteiger charge is 2.32. The molecule has 2 N–H and O–H groups in total. The van der Waals surface area contributed by atoms with Gasteiger partial charge in [-0.25, -0.2) is 0 Å². The first-order chi connectivity index (χ1) is 9.48. The van der Waals surface area contributed by atoms with Gasteiger partial charge in [-0.15, -0.1) is 0 Å². The second-order valence-electron chi connectivity index (χ2n) is 4.94. The number of anilines is 1. The van der Waals surface area contributed by atoms with Crippen molar-refractivity contribution in [3.8, 4) is 0 Å². The van der Waals surface area contributed by atoms with E-state index >= 15 is 0 Å². The van der Waals surface area contributed by atoms with Gasteiger partial charge >= 0.3 is 0 Å². The summed E-state index contributed by atoms with van der Waals surface area (Å²) in [7, 11) is -3.31. The highest BCUT2D eigenvalue weighted by Crippen LogP contribution is 2.25. The van der Waals surface area contributed by atoms with Crippen LogP contribution in [0.2, 0.25) is 0 Å². The third-order valence-corrected chi connectivity index (χ3v) is 5.97. The lowest BCUT2D eigenvalue weighted by Gasteiger charge is -2.34. The Hall–Kier alpha value is -1.12. The van der Waals surface area contributed by atoms with Crippen LogP contribution in [-0.2, 0) is 10.2 Å². The van der Waals surface area contributed by atoms with Crippen LogP contribution < -0.4 is 5.73 Å². The van der Waals surface area contributed by atoms with Gasteiger partial charge < -0.3 is 5.73 Å². The predicted molar refractivity (Wildman–Crippen MR) is 78.3 cm³/mol. The lowest BCUT2D eigenvalue weighted by atomic mass is 10.1. The molecule has 0 aliphatic carbocycles. The molecule has 0 unspecified atom stereocenters. The van der Waals surface area contributed by atoms with Crippen molar-refractivity contribution in [3.63, 3.8) is 0 Å². The van der Waals surface area contributed by atoms with Crippen molar-refractivity contribution in [2.75, 3.05) is 31.9 Å². The predicted octanol–water partition coefficient (Wildman–Crippen LogP) is 0.689. The van der Waals surface area contributed by atoms with Gasteiger partial charge in [0.2, 0.25) is 0 Å². The SMILES string of the molecule is CCN(CC)S(=O)(=O)N1CCC(n2ccc(N)n2)CC1. The summed E-state index contributed by atoms with van der Waals surface area (Å²) < 4.78 is 29.7. The van der Waals surface area contributed by atoms with E-state index in [0.717, 1.165) is 12.8 Å². The molecule has 0 bridgehead atoms. The lowest BCUT2D eigenvalue weighted by Crippen LogP contribution is -2.47. The van der Waals surface area contributed by atoms with Crippen molar-refractivity contribution in [1.29, 1.82) is 0 Å². The molecule has 8 heteroatoms. The van der Waals surface area contributed by atoms with E-state index in [4.69, 9.17) is 5.73 Å². The Bertz CT molecular complexity index is 530. The first kappa shape index (κ1) is 15.3. The van der Waals surface area contributed by atoms with Gasteiger partial charge in [-0.3, -0.25) is 4.68 Å². The van der Waals surface area contributed by atoms with Crippen molar-refractivity contribution in [1.82, 2.24) is 18.4 Å². The molecule has 0 aromatic carbocycles. The van der Waals surface area contributed by atoms with E-state index < -0.39 is 10.2 Å². The van der Waals surface area contributed by atoms with Crippen molar-refractivity contribution >= 4 is 16.0 Å². The minimum Gasteiger partial charge on any atom is -0.382 e. The lowest BCUT2D eigenvalue weighted by molar-refractivity contribution is 0.247. The number of rotatable bonds is 5. The van der Waals surface area contributed by atoms with E-state index in [1.54, 1.807) is 10.4 Å². The van der Waals surface area contributed by atoms with Crippen LogP contribution in [0, 0.1) is 0 Å². The second-order valence-corrected chi connectivity index (χ2v) is 6.87. The molecule has 1 aliphatic heterocycles. The highest BCUT2D eigenvalue weighted by atomic mass is 32.2. The molecule has 2 rings (SSSR count). The largest absolute Gasteiger partial charge is 0.382 e. The van der Waals surface area contributed by atoms with Gasteiger partial charge in [-0.1, -0.05) is 13.8 Å². The Morgan fingerprint density at radius 3 is 2.40 bits per heavy atom. The fraction of sp³-hybridized carbons (Fsp3) is 0.750. The minimum absolute atomic E-state index is 0.232. The number of nitrogen functional groups attached to an aromatic ring is 1. The molecular formula is C12H23N5O2S. The highest BCUT2D eigenvalue weighted by molar-refractivity contribution is 7.86. The van der Waals surface area contributed by atoms with Crippen LogP contribution >= 0.6 is 0 Å². The number of hydrogen-bond acceptors (Lipinski definition) is 4. The van der Waals surface area contributed by atoms with E-state index in [1.165, 1.54) is 4.31 Å². The number of nitrogens with zero attached hydrogens (tertiary/aromatic N) is 4. The van der Waals surface area contributed by atoms with Gasteiger partial charge in [0.1, 0.15) is 5.82 Å². The first-order valence-corrected chi connectivity index (χ1v) is 8.44. The van der Waals surface area contributed by atoms with Crippen molar-refractivity contribution < 1.29 is 8.42 Å². The average Bonchev–Trinajstić information content (AvgIpc) is 2.87. The van der Waals surface area contributed by atoms with E-state index in [2.05, 4.69) is 5.10 Å². The second kappa shape index (κ2) is 6.11. The first-order valence-electron chi connectivity index (χ1n) is 7.04. The summed E-state index contributed by atoms with van der Waals surface area (Å²) >= 11 is 0. The van der Waals surface area contributed by atoms with Crippen LogP contribution in [0.3, 0.4) is 0 Å². The molecule has 0 atom stereocenters. The molecule has 1 aliphatic rings. The minimum atomic E-state index is -3.31. The molecule has 1 fully saturated rings. The van der Waals surface area contributed by atoms with Crippen LogP contribution in [-0.4, -0.2) is 53.0 Å². The fourth-order valence-electron chi connectivity index (χ4n) is 2.61. The summed E-state index contributed by atoms with van der Waals surface area (Å²) in [6.45, 7) is 5.80. The van der Waals surface area contributed by atoms with Crippen LogP contribution in [0.25, 0.3) is 0 Å². The molecular weight excluding hydrogens is 278 g/mol. The van der Waals surface area contributed by atoms with Gasteiger partial charge in [-0.05, 0) is 18.9 Å². The van der Waals surface area contributed by atoms with Gasteiger partial charge in [0.25, 0.3) is 10.2 Å². The number of hydrogen-bond donors (Lipinski definition) is 1. The number of nitrogens with two attached hydrogens (primary N) is 1. The Kier molecular flexibility index (Phi) is 4.66. The zero-order chi connectivity index (χ0) is 14.8. The van der Waals surface area contributed by atoms with Gasteiger partial charge in [0, 0.05) is 32.4 Å². The summed E-state index contributed by atoms with van der Waals surface area (Å²) in [6, 6.07) is 1.99. The third kappa shape index (κ3) is 2.97. The van der Waals surface area contributed by atoms with Crippen molar-refractivity contribution in [3.05, 3.63) is 12.3 Å². The normalized spacial score (nSPS) is 18.8. The maximum atomic E-state index is 12.4. The van der Waals surface area contributed by atoms with E-state index in [9.17, 15) is 8.42 Å². The van der Waals surface area contributed by atoms with Gasteiger partial charge in [0.05, 0.1) is 6.04 Å². The smallest absolute Gasteiger partial charge is 0.281 e. The maximum absolute atomic E-state index is 12.4. The topological polar surface area (TPSA) is 84.5 Å². The molecule has 20 heavy (non-hydrogen) atoms. The zero-order valence-corrected chi connectivity index (χ0v) is 12.9. The standard InChI is InChI=1S/C12H23N5O2S/c1-3-15(4-2)20(18,19)16-8-5-11(6-9-16)17-10-7-12(13)14-17/h7,10-11H,3-6,8-9H2,1-2H3,(H2,13,14). The molecule has 7 nitrogen and oxygen atoms in total. The van der Waals surface area contributed by atoms with E-state index in [-0.39, 0.29) is 6.04 Å². The monoisotopic (exact) mass is 301 g/mol. The maximum Gasteiger partial charge on any atom is 0.281 e. The van der Waals surface area contributed by atoms with Gasteiger partial charge in [-0.2, -0.15) is 22.1 Å². The fourth-order valence-corrected chi connectivity index (χ4v) is 4.26. The van der Waals surface area contributed by atoms with Crippen molar-refractivity contribution in [2.24, 2.45) is 0 Å². The average molecular weight is 301 g/mol. The molecule has 1 aromatic heterocycles. The van der Waals surface area contributed by atoms with Crippen LogP contribution in [0.5, 0.6) is 0 Å². The molecule has 0 radical (unpaired) electrons. The van der Waals surface area contributed by atoms with Crippen LogP contribution in [0.1, 0.15) is 32.7 Å². The molecule has 0 spiro atoms. The van der Waals surface area contributed by atoms with Crippen molar-refractivity contribution in [2.45, 2.75) is 32.7 Å². The molecule has 0 amide bonds. The molecule has 1 saturated heterocycles. The summed E-state index contributed by atoms with van der Waals surface area (Å²) in [6.07, 6.45) is 3.39. The molecule has 1 aromatic rings. The molecule has 0 saturated carbocycles. The zero-order valence-electron chi connectivity index (χ0n) is 12.1. The molecule has 2 heterocycles. The summed E-state index contributed by atoms with van der Waals surface area (Å²) in [5.74, 6) is 0.503. The Labute approximate surface area is 120 Å². The van der Waals surface area contributed by atoms with E-state index in [1.807, 2.05) is 24.7 Å². The van der Waals surface area contributed by atoms with Gasteiger partial charge in [0.15, 0.2) is 0 Å². The Morgan fingerprint density at radius 2 is 1.95 bits per heavy atom. The number of piperidine rings is 1. The van der Waals surface area contributed by atoms with E-state index in [0.29, 0.717) is 32.0 Å². The Morgan fingerprint density at radius 1 is 1.35 bits per heavy atom. The molecule has 114 valence electrons. The summed E-state index contributed by atoms with van der Waals surface area (Å²) in [5.41, 5.74) is 5.61.